The lowest BCUT2D eigenvalue weighted by Crippen LogP contribution is -2.07. The second kappa shape index (κ2) is 5.27. The fraction of sp³-hybridized carbons (Fsp3) is 0.154. The molecule has 0 fully saturated rings. The molecule has 0 radical (unpaired) electrons. The number of hydrogen-bond acceptors (Lipinski definition) is 4. The highest BCUT2D eigenvalue weighted by Crippen LogP contribution is 2.18. The summed E-state index contributed by atoms with van der Waals surface area (Å²) in [5.74, 6) is -0.853. The summed E-state index contributed by atoms with van der Waals surface area (Å²) in [7, 11) is 0. The molecule has 18 heavy (non-hydrogen) atoms. The zero-order valence-electron chi connectivity index (χ0n) is 9.83. The lowest BCUT2D eigenvalue weighted by atomic mass is 10.3. The van der Waals surface area contributed by atoms with Crippen LogP contribution in [0, 0.1) is 6.92 Å². The highest BCUT2D eigenvalue weighted by molar-refractivity contribution is 5.88. The highest BCUT2D eigenvalue weighted by Gasteiger charge is 2.13. The molecule has 5 heteroatoms. The predicted octanol–water partition coefficient (Wildman–Crippen LogP) is 2.06. The van der Waals surface area contributed by atoms with Crippen molar-refractivity contribution in [1.82, 2.24) is 9.97 Å². The normalized spacial score (nSPS) is 10.1. The summed E-state index contributed by atoms with van der Waals surface area (Å²) in [6.45, 7) is 1.95. The van der Waals surface area contributed by atoms with Gasteiger partial charge in [-0.1, -0.05) is 6.07 Å². The Labute approximate surface area is 104 Å². The van der Waals surface area contributed by atoms with Crippen LogP contribution < -0.4 is 4.74 Å². The average Bonchev–Trinajstić information content (AvgIpc) is 2.38. The van der Waals surface area contributed by atoms with E-state index in [1.807, 2.05) is 12.1 Å². The molecule has 0 aliphatic rings. The molecule has 0 unspecified atom stereocenters. The van der Waals surface area contributed by atoms with Gasteiger partial charge in [-0.25, -0.2) is 9.78 Å². The Morgan fingerprint density at radius 2 is 2.17 bits per heavy atom. The molecule has 0 aliphatic heterocycles. The van der Waals surface area contributed by atoms with Crippen LogP contribution in [-0.2, 0) is 6.61 Å². The number of carboxylic acids is 1. The van der Waals surface area contributed by atoms with Crippen molar-refractivity contribution in [3.05, 3.63) is 53.6 Å². The maximum atomic E-state index is 11.0. The molecule has 0 atom stereocenters. The molecule has 2 heterocycles. The summed E-state index contributed by atoms with van der Waals surface area (Å²) in [5.41, 5.74) is 1.29. The van der Waals surface area contributed by atoms with Crippen LogP contribution in [-0.4, -0.2) is 21.0 Å². The minimum atomic E-state index is -1.10. The third-order valence-electron chi connectivity index (χ3n) is 2.30. The molecule has 92 valence electrons. The van der Waals surface area contributed by atoms with Gasteiger partial charge in [0.2, 0.25) is 0 Å². The number of hydrogen-bond donors (Lipinski definition) is 1. The summed E-state index contributed by atoms with van der Waals surface area (Å²) in [5, 5.41) is 9.03. The predicted molar refractivity (Wildman–Crippen MR) is 64.5 cm³/mol. The van der Waals surface area contributed by atoms with Crippen LogP contribution in [0.3, 0.4) is 0 Å². The third-order valence-corrected chi connectivity index (χ3v) is 2.30. The molecule has 5 nitrogen and oxygen atoms in total. The fourth-order valence-corrected chi connectivity index (χ4v) is 1.45. The number of rotatable bonds is 4. The number of aryl methyl sites for hydroxylation is 1. The number of aromatic carboxylic acids is 1. The van der Waals surface area contributed by atoms with Crippen LogP contribution in [0.25, 0.3) is 0 Å². The van der Waals surface area contributed by atoms with Crippen molar-refractivity contribution >= 4 is 5.97 Å². The summed E-state index contributed by atoms with van der Waals surface area (Å²) in [6, 6.07) is 8.77. The van der Waals surface area contributed by atoms with Crippen LogP contribution in [0.15, 0.2) is 36.5 Å². The zero-order chi connectivity index (χ0) is 13.0. The molecule has 0 aromatic carbocycles. The third kappa shape index (κ3) is 2.82. The summed E-state index contributed by atoms with van der Waals surface area (Å²) in [4.78, 5) is 19.1. The van der Waals surface area contributed by atoms with Crippen molar-refractivity contribution < 1.29 is 14.6 Å². The first-order valence-corrected chi connectivity index (χ1v) is 5.40. The highest BCUT2D eigenvalue weighted by atomic mass is 16.5. The Hall–Kier alpha value is -2.43. The van der Waals surface area contributed by atoms with Crippen molar-refractivity contribution in [1.29, 1.82) is 0 Å². The zero-order valence-corrected chi connectivity index (χ0v) is 9.83. The Balaban J connectivity index is 2.17. The van der Waals surface area contributed by atoms with Gasteiger partial charge in [0.25, 0.3) is 0 Å². The van der Waals surface area contributed by atoms with Gasteiger partial charge >= 0.3 is 5.97 Å². The Bertz CT molecular complexity index is 555. The van der Waals surface area contributed by atoms with E-state index in [4.69, 9.17) is 9.84 Å². The van der Waals surface area contributed by atoms with Crippen molar-refractivity contribution in [2.75, 3.05) is 0 Å². The first kappa shape index (κ1) is 12.0. The fourth-order valence-electron chi connectivity index (χ4n) is 1.45. The Morgan fingerprint density at radius 3 is 2.83 bits per heavy atom. The number of nitrogens with zero attached hydrogens (tertiary/aromatic N) is 2. The monoisotopic (exact) mass is 244 g/mol. The van der Waals surface area contributed by atoms with Gasteiger partial charge in [0, 0.05) is 11.9 Å². The molecular formula is C13H12N2O3. The number of carboxylic acid groups (broad SMARTS) is 1. The lowest BCUT2D eigenvalue weighted by molar-refractivity contribution is 0.0684. The average molecular weight is 244 g/mol. The van der Waals surface area contributed by atoms with E-state index < -0.39 is 5.97 Å². The van der Waals surface area contributed by atoms with E-state index in [-0.39, 0.29) is 18.1 Å². The van der Waals surface area contributed by atoms with Gasteiger partial charge in [-0.2, -0.15) is 0 Å². The first-order chi connectivity index (χ1) is 8.66. The minimum Gasteiger partial charge on any atom is -0.485 e. The largest absolute Gasteiger partial charge is 0.485 e. The second-order valence-electron chi connectivity index (χ2n) is 3.71. The van der Waals surface area contributed by atoms with Gasteiger partial charge in [0.15, 0.2) is 11.4 Å². The van der Waals surface area contributed by atoms with E-state index in [0.717, 1.165) is 5.69 Å². The molecule has 0 spiro atoms. The van der Waals surface area contributed by atoms with Gasteiger partial charge in [-0.15, -0.1) is 0 Å². The number of carbonyl (C=O) groups is 1. The minimum absolute atomic E-state index is 0.0778. The topological polar surface area (TPSA) is 72.3 Å². The molecule has 2 aromatic heterocycles. The second-order valence-corrected chi connectivity index (χ2v) is 3.71. The molecule has 0 saturated heterocycles. The van der Waals surface area contributed by atoms with Gasteiger partial charge in [-0.05, 0) is 31.2 Å². The number of aromatic nitrogens is 2. The van der Waals surface area contributed by atoms with Crippen molar-refractivity contribution in [2.24, 2.45) is 0 Å². The molecular weight excluding hydrogens is 232 g/mol. The summed E-state index contributed by atoms with van der Waals surface area (Å²) >= 11 is 0. The number of pyridine rings is 2. The van der Waals surface area contributed by atoms with Gasteiger partial charge < -0.3 is 9.84 Å². The van der Waals surface area contributed by atoms with Crippen LogP contribution in [0.2, 0.25) is 0 Å². The smallest absolute Gasteiger partial charge is 0.358 e. The molecule has 2 rings (SSSR count). The van der Waals surface area contributed by atoms with E-state index in [1.165, 1.54) is 0 Å². The van der Waals surface area contributed by atoms with Crippen molar-refractivity contribution in [2.45, 2.75) is 13.5 Å². The van der Waals surface area contributed by atoms with Crippen molar-refractivity contribution in [3.63, 3.8) is 0 Å². The molecule has 0 bridgehead atoms. The quantitative estimate of drug-likeness (QED) is 0.891. The van der Waals surface area contributed by atoms with E-state index in [2.05, 4.69) is 9.97 Å². The van der Waals surface area contributed by atoms with E-state index in [9.17, 15) is 4.79 Å². The van der Waals surface area contributed by atoms with Crippen LogP contribution in [0.1, 0.15) is 21.9 Å². The SMILES string of the molecule is Cc1ccc(OCc2ccccn2)c(C(=O)O)n1. The maximum Gasteiger partial charge on any atom is 0.358 e. The molecule has 0 aliphatic carbocycles. The molecule has 1 N–H and O–H groups in total. The van der Waals surface area contributed by atoms with Gasteiger partial charge in [-0.3, -0.25) is 4.98 Å². The molecule has 0 saturated carbocycles. The Morgan fingerprint density at radius 1 is 1.33 bits per heavy atom. The first-order valence-electron chi connectivity index (χ1n) is 5.40. The molecule has 2 aromatic rings. The van der Waals surface area contributed by atoms with Crippen LogP contribution >= 0.6 is 0 Å². The standard InChI is InChI=1S/C13H12N2O3/c1-9-5-6-11(12(15-9)13(16)17)18-8-10-4-2-3-7-14-10/h2-7H,8H2,1H3,(H,16,17). The molecule has 0 amide bonds. The maximum absolute atomic E-state index is 11.0. The van der Waals surface area contributed by atoms with Crippen LogP contribution in [0.5, 0.6) is 5.75 Å². The Kier molecular flexibility index (Phi) is 3.52. The number of ether oxygens (including phenoxy) is 1. The van der Waals surface area contributed by atoms with E-state index >= 15 is 0 Å². The van der Waals surface area contributed by atoms with Gasteiger partial charge in [0.1, 0.15) is 6.61 Å². The van der Waals surface area contributed by atoms with E-state index in [1.54, 1.807) is 31.3 Å². The lowest BCUT2D eigenvalue weighted by Gasteiger charge is -2.08. The summed E-state index contributed by atoms with van der Waals surface area (Å²) in [6.07, 6.45) is 1.66. The van der Waals surface area contributed by atoms with Crippen molar-refractivity contribution in [3.8, 4) is 5.75 Å². The van der Waals surface area contributed by atoms with Crippen LogP contribution in [0.4, 0.5) is 0 Å². The van der Waals surface area contributed by atoms with E-state index in [0.29, 0.717) is 5.69 Å². The summed E-state index contributed by atoms with van der Waals surface area (Å²) < 4.78 is 5.43. The van der Waals surface area contributed by atoms with Gasteiger partial charge in [0.05, 0.1) is 5.69 Å².